The molecule has 5 atom stereocenters. The number of rotatable bonds is 7. The Kier molecular flexibility index (Phi) is 5.10. The van der Waals surface area contributed by atoms with Crippen LogP contribution in [0.15, 0.2) is 60.7 Å². The van der Waals surface area contributed by atoms with E-state index < -0.39 is 6.29 Å². The second-order valence-corrected chi connectivity index (χ2v) is 6.23. The van der Waals surface area contributed by atoms with Crippen LogP contribution < -0.4 is 0 Å². The minimum atomic E-state index is -0.506. The molecule has 5 nitrogen and oxygen atoms in total. The molecule has 2 aliphatic heterocycles. The Morgan fingerprint density at radius 2 is 1.32 bits per heavy atom. The molecule has 2 fully saturated rings. The summed E-state index contributed by atoms with van der Waals surface area (Å²) in [6.45, 7) is 0.969. The summed E-state index contributed by atoms with van der Waals surface area (Å²) in [5.74, 6) is 0. The Bertz CT molecular complexity index is 662. The van der Waals surface area contributed by atoms with Crippen LogP contribution in [0.2, 0.25) is 0 Å². The molecule has 132 valence electrons. The van der Waals surface area contributed by atoms with Crippen molar-refractivity contribution in [3.63, 3.8) is 0 Å². The maximum absolute atomic E-state index is 6.15. The van der Waals surface area contributed by atoms with Gasteiger partial charge in [-0.05, 0) is 11.1 Å². The molecule has 5 heteroatoms. The first-order valence-electron chi connectivity index (χ1n) is 8.50. The highest BCUT2D eigenvalue weighted by Gasteiger charge is 2.58. The van der Waals surface area contributed by atoms with Crippen LogP contribution in [0.5, 0.6) is 0 Å². The van der Waals surface area contributed by atoms with Gasteiger partial charge in [0, 0.05) is 7.11 Å². The first kappa shape index (κ1) is 16.7. The molecule has 2 aromatic rings. The minimum absolute atomic E-state index is 0.101. The number of methoxy groups -OCH3 is 1. The largest absolute Gasteiger partial charge is 0.368 e. The van der Waals surface area contributed by atoms with E-state index in [1.54, 1.807) is 7.11 Å². The second kappa shape index (κ2) is 7.64. The van der Waals surface area contributed by atoms with Crippen molar-refractivity contribution in [1.29, 1.82) is 0 Å². The Balaban J connectivity index is 1.43. The van der Waals surface area contributed by atoms with Gasteiger partial charge >= 0.3 is 0 Å². The maximum atomic E-state index is 6.15. The Morgan fingerprint density at radius 3 is 1.88 bits per heavy atom. The van der Waals surface area contributed by atoms with Gasteiger partial charge in [0.15, 0.2) is 12.6 Å². The third-order valence-electron chi connectivity index (χ3n) is 4.47. The topological polar surface area (TPSA) is 49.5 Å². The molecule has 2 aliphatic rings. The highest BCUT2D eigenvalue weighted by molar-refractivity contribution is 5.14. The van der Waals surface area contributed by atoms with Crippen molar-refractivity contribution in [3.8, 4) is 0 Å². The van der Waals surface area contributed by atoms with Crippen LogP contribution in [0.1, 0.15) is 11.1 Å². The van der Waals surface area contributed by atoms with Crippen molar-refractivity contribution in [1.82, 2.24) is 0 Å². The fourth-order valence-corrected chi connectivity index (χ4v) is 3.09. The van der Waals surface area contributed by atoms with Gasteiger partial charge in [0.25, 0.3) is 0 Å². The average Bonchev–Trinajstić information content (AvgIpc) is 3.45. The maximum Gasteiger partial charge on any atom is 0.190 e. The van der Waals surface area contributed by atoms with Crippen LogP contribution in [-0.2, 0) is 36.9 Å². The van der Waals surface area contributed by atoms with Gasteiger partial charge in [-0.15, -0.1) is 0 Å². The summed E-state index contributed by atoms with van der Waals surface area (Å²) in [4.78, 5) is 0. The van der Waals surface area contributed by atoms with Gasteiger partial charge in [0.2, 0.25) is 0 Å². The summed E-state index contributed by atoms with van der Waals surface area (Å²) >= 11 is 0. The van der Waals surface area contributed by atoms with Crippen molar-refractivity contribution in [3.05, 3.63) is 71.8 Å². The molecule has 0 N–H and O–H groups in total. The number of benzene rings is 2. The van der Waals surface area contributed by atoms with Crippen LogP contribution in [0.3, 0.4) is 0 Å². The SMILES string of the molecule is CO[C@H]1O[C@H]2O[C@H]2[C@H](OCc2ccccc2)[C@H]1OCc1ccccc1. The summed E-state index contributed by atoms with van der Waals surface area (Å²) < 4.78 is 29.1. The van der Waals surface area contributed by atoms with E-state index in [1.807, 2.05) is 60.7 Å². The molecular formula is C20H22O5. The summed E-state index contributed by atoms with van der Waals surface area (Å²) in [5.41, 5.74) is 2.21. The Hall–Kier alpha value is -1.76. The standard InChI is InChI=1S/C20H22O5/c1-21-19-17(23-13-15-10-6-3-7-11-15)16(18-20(24-18)25-19)22-12-14-8-4-2-5-9-14/h2-11,16-20H,12-13H2,1H3/t16-,17-,18+,19+,20-/m1/s1. The lowest BCUT2D eigenvalue weighted by molar-refractivity contribution is -0.256. The quantitative estimate of drug-likeness (QED) is 0.724. The first-order valence-corrected chi connectivity index (χ1v) is 8.50. The van der Waals surface area contributed by atoms with E-state index >= 15 is 0 Å². The molecule has 0 bridgehead atoms. The van der Waals surface area contributed by atoms with Crippen molar-refractivity contribution >= 4 is 0 Å². The zero-order valence-electron chi connectivity index (χ0n) is 14.1. The van der Waals surface area contributed by atoms with Crippen LogP contribution in [0.4, 0.5) is 0 Å². The molecular weight excluding hydrogens is 320 g/mol. The van der Waals surface area contributed by atoms with Crippen molar-refractivity contribution in [2.45, 2.75) is 44.1 Å². The zero-order valence-corrected chi connectivity index (χ0v) is 14.1. The van der Waals surface area contributed by atoms with Gasteiger partial charge in [0.05, 0.1) is 13.2 Å². The number of hydrogen-bond donors (Lipinski definition) is 0. The third-order valence-corrected chi connectivity index (χ3v) is 4.47. The molecule has 25 heavy (non-hydrogen) atoms. The van der Waals surface area contributed by atoms with E-state index in [0.29, 0.717) is 13.2 Å². The molecule has 0 aliphatic carbocycles. The van der Waals surface area contributed by atoms with Crippen molar-refractivity contribution < 1.29 is 23.7 Å². The number of epoxide rings is 1. The normalized spacial score (nSPS) is 30.7. The number of hydrogen-bond acceptors (Lipinski definition) is 5. The van der Waals surface area contributed by atoms with Gasteiger partial charge in [-0.1, -0.05) is 60.7 Å². The van der Waals surface area contributed by atoms with E-state index in [2.05, 4.69) is 0 Å². The van der Waals surface area contributed by atoms with Crippen molar-refractivity contribution in [2.75, 3.05) is 7.11 Å². The summed E-state index contributed by atoms with van der Waals surface area (Å²) in [7, 11) is 1.61. The third kappa shape index (κ3) is 3.92. The molecule has 2 aromatic carbocycles. The van der Waals surface area contributed by atoms with E-state index in [0.717, 1.165) is 11.1 Å². The van der Waals surface area contributed by atoms with E-state index in [9.17, 15) is 0 Å². The highest BCUT2D eigenvalue weighted by Crippen LogP contribution is 2.39. The molecule has 0 amide bonds. The Labute approximate surface area is 147 Å². The van der Waals surface area contributed by atoms with Gasteiger partial charge in [-0.2, -0.15) is 0 Å². The van der Waals surface area contributed by atoms with Crippen LogP contribution in [-0.4, -0.2) is 38.0 Å². The molecule has 2 heterocycles. The Morgan fingerprint density at radius 1 is 0.760 bits per heavy atom. The van der Waals surface area contributed by atoms with E-state index in [1.165, 1.54) is 0 Å². The minimum Gasteiger partial charge on any atom is -0.368 e. The summed E-state index contributed by atoms with van der Waals surface area (Å²) in [5, 5.41) is 0. The smallest absolute Gasteiger partial charge is 0.190 e. The van der Waals surface area contributed by atoms with Gasteiger partial charge < -0.3 is 23.7 Å². The lowest BCUT2D eigenvalue weighted by Crippen LogP contribution is -2.51. The average molecular weight is 342 g/mol. The van der Waals surface area contributed by atoms with Crippen LogP contribution >= 0.6 is 0 Å². The molecule has 0 spiro atoms. The van der Waals surface area contributed by atoms with Crippen molar-refractivity contribution in [2.24, 2.45) is 0 Å². The van der Waals surface area contributed by atoms with Crippen LogP contribution in [0.25, 0.3) is 0 Å². The predicted molar refractivity (Wildman–Crippen MR) is 90.6 cm³/mol. The number of fused-ring (bicyclic) bond motifs is 1. The molecule has 2 saturated heterocycles. The van der Waals surface area contributed by atoms with Gasteiger partial charge in [-0.3, -0.25) is 0 Å². The predicted octanol–water partition coefficient (Wildman–Crippen LogP) is 2.88. The fourth-order valence-electron chi connectivity index (χ4n) is 3.09. The lowest BCUT2D eigenvalue weighted by Gasteiger charge is -2.34. The fraction of sp³-hybridized carbons (Fsp3) is 0.400. The molecule has 0 unspecified atom stereocenters. The zero-order chi connectivity index (χ0) is 17.1. The first-order chi connectivity index (χ1) is 12.3. The molecule has 4 rings (SSSR count). The second-order valence-electron chi connectivity index (χ2n) is 6.23. The van der Waals surface area contributed by atoms with E-state index in [4.69, 9.17) is 23.7 Å². The molecule has 0 aromatic heterocycles. The van der Waals surface area contributed by atoms with Gasteiger partial charge in [0.1, 0.15) is 18.3 Å². The van der Waals surface area contributed by atoms with E-state index in [-0.39, 0.29) is 24.6 Å². The van der Waals surface area contributed by atoms with Crippen LogP contribution in [0, 0.1) is 0 Å². The highest BCUT2D eigenvalue weighted by atomic mass is 16.8. The van der Waals surface area contributed by atoms with Gasteiger partial charge in [-0.25, -0.2) is 0 Å². The monoisotopic (exact) mass is 342 g/mol. The summed E-state index contributed by atoms with van der Waals surface area (Å²) in [6.07, 6.45) is -1.45. The molecule has 0 radical (unpaired) electrons. The molecule has 0 saturated carbocycles. The number of ether oxygens (including phenoxy) is 5. The summed E-state index contributed by atoms with van der Waals surface area (Å²) in [6, 6.07) is 20.1. The lowest BCUT2D eigenvalue weighted by atomic mass is 10.1.